The van der Waals surface area contributed by atoms with Crippen molar-refractivity contribution in [2.45, 2.75) is 38.0 Å². The van der Waals surface area contributed by atoms with Crippen molar-refractivity contribution in [1.29, 1.82) is 0 Å². The van der Waals surface area contributed by atoms with E-state index in [-0.39, 0.29) is 10.8 Å². The van der Waals surface area contributed by atoms with Gasteiger partial charge < -0.3 is 9.80 Å². The van der Waals surface area contributed by atoms with Crippen LogP contribution in [0.2, 0.25) is 0 Å². The molecule has 1 amide bonds. The highest BCUT2D eigenvalue weighted by atomic mass is 32.2. The summed E-state index contributed by atoms with van der Waals surface area (Å²) in [6.45, 7) is 6.84. The zero-order chi connectivity index (χ0) is 21.3. The lowest BCUT2D eigenvalue weighted by Crippen LogP contribution is -2.33. The van der Waals surface area contributed by atoms with Crippen molar-refractivity contribution in [3.8, 4) is 0 Å². The van der Waals surface area contributed by atoms with E-state index in [9.17, 15) is 13.2 Å². The van der Waals surface area contributed by atoms with Crippen molar-refractivity contribution in [3.05, 3.63) is 53.6 Å². The van der Waals surface area contributed by atoms with Crippen molar-refractivity contribution in [3.63, 3.8) is 0 Å². The molecule has 0 atom stereocenters. The minimum Gasteiger partial charge on any atom is -0.371 e. The van der Waals surface area contributed by atoms with Crippen molar-refractivity contribution >= 4 is 27.3 Å². The average molecular weight is 428 g/mol. The molecule has 2 aliphatic heterocycles. The normalized spacial score (nSPS) is 16.4. The molecule has 0 saturated carbocycles. The molecule has 7 heteroatoms. The van der Waals surface area contributed by atoms with E-state index in [0.717, 1.165) is 49.3 Å². The number of para-hydroxylation sites is 1. The van der Waals surface area contributed by atoms with E-state index >= 15 is 0 Å². The van der Waals surface area contributed by atoms with Gasteiger partial charge in [-0.15, -0.1) is 0 Å². The molecule has 0 aliphatic carbocycles. The predicted molar refractivity (Wildman–Crippen MR) is 120 cm³/mol. The van der Waals surface area contributed by atoms with E-state index in [1.54, 1.807) is 17.0 Å². The number of fused-ring (bicyclic) bond motifs is 1. The lowest BCUT2D eigenvalue weighted by atomic mass is 10.1. The fourth-order valence-electron chi connectivity index (χ4n) is 4.49. The predicted octanol–water partition coefficient (Wildman–Crippen LogP) is 3.52. The van der Waals surface area contributed by atoms with Gasteiger partial charge in [-0.1, -0.05) is 32.0 Å². The van der Waals surface area contributed by atoms with E-state index < -0.39 is 10.0 Å². The van der Waals surface area contributed by atoms with Crippen LogP contribution in [0.1, 0.15) is 42.6 Å². The Hall–Kier alpha value is -2.38. The third kappa shape index (κ3) is 3.61. The fraction of sp³-hybridized carbons (Fsp3) is 0.435. The SMILES string of the molecule is CCN(CC)S(=O)(=O)c1ccc(N2CCCC2)c(C(=O)N2CCc3ccccc32)c1. The molecule has 160 valence electrons. The molecule has 0 bridgehead atoms. The molecule has 0 aromatic heterocycles. The van der Waals surface area contributed by atoms with E-state index in [1.807, 2.05) is 44.2 Å². The summed E-state index contributed by atoms with van der Waals surface area (Å²) < 4.78 is 27.6. The molecule has 6 nitrogen and oxygen atoms in total. The molecular weight excluding hydrogens is 398 g/mol. The molecule has 4 rings (SSSR count). The van der Waals surface area contributed by atoms with Crippen LogP contribution in [0.25, 0.3) is 0 Å². The molecule has 2 aliphatic rings. The van der Waals surface area contributed by atoms with E-state index in [1.165, 1.54) is 4.31 Å². The standard InChI is InChI=1S/C23H29N3O3S/c1-3-25(4-2)30(28,29)19-11-12-22(24-14-7-8-15-24)20(17-19)23(27)26-16-13-18-9-5-6-10-21(18)26/h5-6,9-12,17H,3-4,7-8,13-16H2,1-2H3. The number of carbonyl (C=O) groups is 1. The van der Waals surface area contributed by atoms with Gasteiger partial charge in [0.1, 0.15) is 0 Å². The van der Waals surface area contributed by atoms with Gasteiger partial charge in [0.2, 0.25) is 10.0 Å². The highest BCUT2D eigenvalue weighted by Crippen LogP contribution is 2.34. The minimum atomic E-state index is -3.64. The molecule has 2 aromatic carbocycles. The molecule has 0 N–H and O–H groups in total. The molecule has 0 spiro atoms. The second kappa shape index (κ2) is 8.40. The minimum absolute atomic E-state index is 0.126. The Morgan fingerprint density at radius 2 is 1.67 bits per heavy atom. The summed E-state index contributed by atoms with van der Waals surface area (Å²) in [5, 5.41) is 0. The molecular formula is C23H29N3O3S. The number of anilines is 2. The summed E-state index contributed by atoms with van der Waals surface area (Å²) in [5.41, 5.74) is 3.38. The number of rotatable bonds is 6. The largest absolute Gasteiger partial charge is 0.371 e. The Morgan fingerprint density at radius 3 is 2.37 bits per heavy atom. The van der Waals surface area contributed by atoms with Crippen LogP contribution in [0.4, 0.5) is 11.4 Å². The van der Waals surface area contributed by atoms with Gasteiger partial charge in [0, 0.05) is 44.1 Å². The molecule has 2 heterocycles. The summed E-state index contributed by atoms with van der Waals surface area (Å²) in [6.07, 6.45) is 2.98. The Kier molecular flexibility index (Phi) is 5.84. The number of carbonyl (C=O) groups excluding carboxylic acids is 1. The number of hydrogen-bond donors (Lipinski definition) is 0. The van der Waals surface area contributed by atoms with Crippen LogP contribution in [0.15, 0.2) is 47.4 Å². The van der Waals surface area contributed by atoms with Crippen LogP contribution in [0, 0.1) is 0 Å². The van der Waals surface area contributed by atoms with Gasteiger partial charge in [0.05, 0.1) is 10.5 Å². The topological polar surface area (TPSA) is 60.9 Å². The first-order valence-corrected chi connectivity index (χ1v) is 12.2. The number of nitrogens with zero attached hydrogens (tertiary/aromatic N) is 3. The zero-order valence-electron chi connectivity index (χ0n) is 17.7. The Balaban J connectivity index is 1.79. The van der Waals surface area contributed by atoms with Gasteiger partial charge >= 0.3 is 0 Å². The summed E-state index contributed by atoms with van der Waals surface area (Å²) in [5.74, 6) is -0.126. The van der Waals surface area contributed by atoms with E-state index in [0.29, 0.717) is 25.2 Å². The van der Waals surface area contributed by atoms with E-state index in [2.05, 4.69) is 4.90 Å². The van der Waals surface area contributed by atoms with Crippen molar-refractivity contribution in [1.82, 2.24) is 4.31 Å². The molecule has 30 heavy (non-hydrogen) atoms. The first-order chi connectivity index (χ1) is 14.5. The van der Waals surface area contributed by atoms with Crippen LogP contribution < -0.4 is 9.80 Å². The summed E-state index contributed by atoms with van der Waals surface area (Å²) in [6, 6.07) is 13.0. The van der Waals surface area contributed by atoms with Crippen LogP contribution in [0.3, 0.4) is 0 Å². The quantitative estimate of drug-likeness (QED) is 0.708. The lowest BCUT2D eigenvalue weighted by molar-refractivity contribution is 0.0989. The van der Waals surface area contributed by atoms with Gasteiger partial charge in [-0.05, 0) is 49.1 Å². The summed E-state index contributed by atoms with van der Waals surface area (Å²) in [7, 11) is -3.64. The van der Waals surface area contributed by atoms with Crippen LogP contribution in [-0.2, 0) is 16.4 Å². The molecule has 1 saturated heterocycles. The van der Waals surface area contributed by atoms with Crippen LogP contribution >= 0.6 is 0 Å². The van der Waals surface area contributed by atoms with Gasteiger partial charge in [-0.25, -0.2) is 8.42 Å². The van der Waals surface area contributed by atoms with Crippen LogP contribution in [-0.4, -0.2) is 51.4 Å². The van der Waals surface area contributed by atoms with Crippen molar-refractivity contribution in [2.24, 2.45) is 0 Å². The number of amides is 1. The van der Waals surface area contributed by atoms with Gasteiger partial charge in [0.15, 0.2) is 0 Å². The number of hydrogen-bond acceptors (Lipinski definition) is 4. The molecule has 1 fully saturated rings. The second-order valence-electron chi connectivity index (χ2n) is 7.80. The molecule has 0 radical (unpaired) electrons. The van der Waals surface area contributed by atoms with Crippen LogP contribution in [0.5, 0.6) is 0 Å². The molecule has 2 aromatic rings. The maximum absolute atomic E-state index is 13.7. The maximum atomic E-state index is 13.7. The Labute approximate surface area is 179 Å². The van der Waals surface area contributed by atoms with Gasteiger partial charge in [0.25, 0.3) is 5.91 Å². The smallest absolute Gasteiger partial charge is 0.260 e. The van der Waals surface area contributed by atoms with Gasteiger partial charge in [-0.3, -0.25) is 4.79 Å². The third-order valence-electron chi connectivity index (χ3n) is 6.12. The Morgan fingerprint density at radius 1 is 0.967 bits per heavy atom. The molecule has 0 unspecified atom stereocenters. The lowest BCUT2D eigenvalue weighted by Gasteiger charge is -2.26. The third-order valence-corrected chi connectivity index (χ3v) is 8.17. The van der Waals surface area contributed by atoms with Crippen molar-refractivity contribution in [2.75, 3.05) is 42.5 Å². The monoisotopic (exact) mass is 427 g/mol. The average Bonchev–Trinajstić information content (AvgIpc) is 3.43. The van der Waals surface area contributed by atoms with Crippen molar-refractivity contribution < 1.29 is 13.2 Å². The second-order valence-corrected chi connectivity index (χ2v) is 9.74. The summed E-state index contributed by atoms with van der Waals surface area (Å²) in [4.78, 5) is 17.8. The first-order valence-electron chi connectivity index (χ1n) is 10.8. The fourth-order valence-corrected chi connectivity index (χ4v) is 5.97. The maximum Gasteiger partial charge on any atom is 0.260 e. The number of sulfonamides is 1. The van der Waals surface area contributed by atoms with E-state index in [4.69, 9.17) is 0 Å². The highest BCUT2D eigenvalue weighted by Gasteiger charge is 2.31. The first kappa shape index (κ1) is 20.9. The Bertz CT molecular complexity index is 1040. The highest BCUT2D eigenvalue weighted by molar-refractivity contribution is 7.89. The number of benzene rings is 2. The zero-order valence-corrected chi connectivity index (χ0v) is 18.5. The summed E-state index contributed by atoms with van der Waals surface area (Å²) >= 11 is 0. The van der Waals surface area contributed by atoms with Gasteiger partial charge in [-0.2, -0.15) is 4.31 Å².